The van der Waals surface area contributed by atoms with E-state index >= 15 is 0 Å². The fraction of sp³-hybridized carbons (Fsp3) is 0.176. The maximum Gasteiger partial charge on any atom is 0.323 e. The molecule has 0 radical (unpaired) electrons. The molecule has 0 aliphatic rings. The van der Waals surface area contributed by atoms with E-state index < -0.39 is 0 Å². The molecule has 3 N–H and O–H groups in total. The number of ether oxygens (including phenoxy) is 3. The van der Waals surface area contributed by atoms with Crippen molar-refractivity contribution < 1.29 is 19.0 Å². The molecule has 2 aromatic carbocycles. The molecule has 130 valence electrons. The Morgan fingerprint density at radius 3 is 2.16 bits per heavy atom. The summed E-state index contributed by atoms with van der Waals surface area (Å²) in [5, 5.41) is 2.77. The van der Waals surface area contributed by atoms with Crippen LogP contribution < -0.4 is 25.2 Å². The van der Waals surface area contributed by atoms with Crippen molar-refractivity contribution in [2.24, 2.45) is 0 Å². The lowest BCUT2D eigenvalue weighted by atomic mass is 10.1. The zero-order valence-electron chi connectivity index (χ0n) is 13.9. The third-order valence-corrected chi connectivity index (χ3v) is 3.70. The van der Waals surface area contributed by atoms with Crippen LogP contribution in [0.5, 0.6) is 17.2 Å². The maximum atomic E-state index is 12.5. The lowest BCUT2D eigenvalue weighted by Crippen LogP contribution is -2.12. The molecule has 3 rings (SSSR count). The molecule has 0 aliphatic carbocycles. The second-order valence-corrected chi connectivity index (χ2v) is 5.21. The van der Waals surface area contributed by atoms with E-state index in [0.29, 0.717) is 39.5 Å². The van der Waals surface area contributed by atoms with Gasteiger partial charge in [-0.3, -0.25) is 4.79 Å². The van der Waals surface area contributed by atoms with Gasteiger partial charge >= 0.3 is 5.69 Å². The van der Waals surface area contributed by atoms with Crippen LogP contribution in [0.1, 0.15) is 10.4 Å². The number of hydrogen-bond acceptors (Lipinski definition) is 5. The van der Waals surface area contributed by atoms with Crippen LogP contribution in [0.2, 0.25) is 0 Å². The Bertz CT molecular complexity index is 964. The molecule has 0 aliphatic heterocycles. The van der Waals surface area contributed by atoms with E-state index in [1.165, 1.54) is 21.3 Å². The zero-order chi connectivity index (χ0) is 18.0. The van der Waals surface area contributed by atoms with Gasteiger partial charge in [0.25, 0.3) is 5.91 Å². The number of carbonyl (C=O) groups is 1. The Morgan fingerprint density at radius 1 is 0.920 bits per heavy atom. The summed E-state index contributed by atoms with van der Waals surface area (Å²) >= 11 is 0. The Hall–Kier alpha value is -3.42. The third kappa shape index (κ3) is 3.14. The number of methoxy groups -OCH3 is 3. The highest BCUT2D eigenvalue weighted by Gasteiger charge is 2.17. The molecule has 3 aromatic rings. The van der Waals surface area contributed by atoms with Crippen molar-refractivity contribution in [2.75, 3.05) is 26.6 Å². The topological polar surface area (TPSA) is 105 Å². The largest absolute Gasteiger partial charge is 0.493 e. The summed E-state index contributed by atoms with van der Waals surface area (Å²) in [4.78, 5) is 29.1. The number of aromatic nitrogens is 2. The molecule has 0 bridgehead atoms. The van der Waals surface area contributed by atoms with Crippen molar-refractivity contribution in [1.29, 1.82) is 0 Å². The van der Waals surface area contributed by atoms with Crippen LogP contribution in [-0.4, -0.2) is 37.2 Å². The van der Waals surface area contributed by atoms with Crippen molar-refractivity contribution in [3.05, 3.63) is 46.4 Å². The van der Waals surface area contributed by atoms with Gasteiger partial charge in [0.2, 0.25) is 5.75 Å². The number of aromatic amines is 2. The summed E-state index contributed by atoms with van der Waals surface area (Å²) in [6.07, 6.45) is 0. The normalized spacial score (nSPS) is 10.5. The highest BCUT2D eigenvalue weighted by molar-refractivity contribution is 6.05. The summed E-state index contributed by atoms with van der Waals surface area (Å²) in [6.45, 7) is 0. The molecule has 0 unspecified atom stereocenters. The number of fused-ring (bicyclic) bond motifs is 1. The number of carbonyl (C=O) groups excluding carboxylic acids is 1. The van der Waals surface area contributed by atoms with Gasteiger partial charge in [-0.15, -0.1) is 0 Å². The molecule has 1 heterocycles. The minimum absolute atomic E-state index is 0.303. The van der Waals surface area contributed by atoms with Crippen LogP contribution in [0.15, 0.2) is 35.1 Å². The minimum atomic E-state index is -0.350. The van der Waals surface area contributed by atoms with Gasteiger partial charge in [-0.2, -0.15) is 0 Å². The van der Waals surface area contributed by atoms with Gasteiger partial charge in [-0.05, 0) is 30.3 Å². The Morgan fingerprint density at radius 2 is 1.56 bits per heavy atom. The van der Waals surface area contributed by atoms with Crippen LogP contribution in [0.25, 0.3) is 11.0 Å². The summed E-state index contributed by atoms with van der Waals surface area (Å²) in [7, 11) is 4.46. The van der Waals surface area contributed by atoms with E-state index in [9.17, 15) is 9.59 Å². The predicted octanol–water partition coefficient (Wildman–Crippen LogP) is 2.13. The lowest BCUT2D eigenvalue weighted by Gasteiger charge is -2.14. The Labute approximate surface area is 142 Å². The number of amides is 1. The predicted molar refractivity (Wildman–Crippen MR) is 93.0 cm³/mol. The molecule has 0 fully saturated rings. The van der Waals surface area contributed by atoms with Crippen LogP contribution in [0.3, 0.4) is 0 Å². The summed E-state index contributed by atoms with van der Waals surface area (Å²) in [5.74, 6) is 0.833. The molecule has 1 amide bonds. The van der Waals surface area contributed by atoms with Crippen LogP contribution in [0.4, 0.5) is 5.69 Å². The van der Waals surface area contributed by atoms with Gasteiger partial charge in [0, 0.05) is 11.3 Å². The molecular weight excluding hydrogens is 326 g/mol. The van der Waals surface area contributed by atoms with E-state index in [-0.39, 0.29) is 11.6 Å². The Kier molecular flexibility index (Phi) is 4.34. The standard InChI is InChI=1S/C17H17N3O5/c1-23-13-6-9(7-14(24-2)15(13)25-3)16(21)18-10-4-5-11-12(8-10)20-17(22)19-11/h4-8H,1-3H3,(H,18,21)(H2,19,20,22). The van der Waals surface area contributed by atoms with E-state index in [1.807, 2.05) is 0 Å². The van der Waals surface area contributed by atoms with Crippen molar-refractivity contribution in [3.8, 4) is 17.2 Å². The van der Waals surface area contributed by atoms with E-state index in [1.54, 1.807) is 30.3 Å². The first-order valence-corrected chi connectivity index (χ1v) is 7.39. The van der Waals surface area contributed by atoms with Gasteiger partial charge in [-0.25, -0.2) is 4.79 Å². The molecule has 1 aromatic heterocycles. The van der Waals surface area contributed by atoms with Crippen molar-refractivity contribution in [2.45, 2.75) is 0 Å². The average molecular weight is 343 g/mol. The van der Waals surface area contributed by atoms with Crippen molar-refractivity contribution in [3.63, 3.8) is 0 Å². The minimum Gasteiger partial charge on any atom is -0.493 e. The lowest BCUT2D eigenvalue weighted by molar-refractivity contribution is 0.102. The monoisotopic (exact) mass is 343 g/mol. The summed E-state index contributed by atoms with van der Waals surface area (Å²) < 4.78 is 15.7. The van der Waals surface area contributed by atoms with Crippen LogP contribution in [-0.2, 0) is 0 Å². The second kappa shape index (κ2) is 6.60. The molecule has 8 heteroatoms. The number of benzene rings is 2. The molecule has 8 nitrogen and oxygen atoms in total. The fourth-order valence-electron chi connectivity index (χ4n) is 2.53. The number of nitrogens with one attached hydrogen (secondary N) is 3. The van der Waals surface area contributed by atoms with Gasteiger partial charge in [0.1, 0.15) is 0 Å². The van der Waals surface area contributed by atoms with Gasteiger partial charge in [-0.1, -0.05) is 0 Å². The quantitative estimate of drug-likeness (QED) is 0.658. The number of H-pyrrole nitrogens is 2. The molecule has 0 saturated heterocycles. The van der Waals surface area contributed by atoms with Crippen molar-refractivity contribution in [1.82, 2.24) is 9.97 Å². The van der Waals surface area contributed by atoms with Gasteiger partial charge in [0.15, 0.2) is 11.5 Å². The SMILES string of the molecule is COc1cc(C(=O)Nc2ccc3[nH]c(=O)[nH]c3c2)cc(OC)c1OC. The second-order valence-electron chi connectivity index (χ2n) is 5.21. The van der Waals surface area contributed by atoms with E-state index in [0.717, 1.165) is 0 Å². The van der Waals surface area contributed by atoms with Gasteiger partial charge < -0.3 is 29.5 Å². The highest BCUT2D eigenvalue weighted by Crippen LogP contribution is 2.38. The first-order chi connectivity index (χ1) is 12.0. The molecule has 0 spiro atoms. The maximum absolute atomic E-state index is 12.5. The number of imidazole rings is 1. The number of anilines is 1. The smallest absolute Gasteiger partial charge is 0.323 e. The van der Waals surface area contributed by atoms with Crippen LogP contribution >= 0.6 is 0 Å². The molecular formula is C17H17N3O5. The van der Waals surface area contributed by atoms with Crippen LogP contribution in [0, 0.1) is 0 Å². The average Bonchev–Trinajstić information content (AvgIpc) is 2.99. The summed E-state index contributed by atoms with van der Waals surface area (Å²) in [6, 6.07) is 8.20. The fourth-order valence-corrected chi connectivity index (χ4v) is 2.53. The highest BCUT2D eigenvalue weighted by atomic mass is 16.5. The van der Waals surface area contributed by atoms with Crippen molar-refractivity contribution >= 4 is 22.6 Å². The van der Waals surface area contributed by atoms with E-state index in [4.69, 9.17) is 14.2 Å². The van der Waals surface area contributed by atoms with Gasteiger partial charge in [0.05, 0.1) is 32.4 Å². The third-order valence-electron chi connectivity index (χ3n) is 3.70. The molecule has 0 saturated carbocycles. The Balaban J connectivity index is 1.92. The molecule has 25 heavy (non-hydrogen) atoms. The number of rotatable bonds is 5. The first-order valence-electron chi connectivity index (χ1n) is 7.39. The summed E-state index contributed by atoms with van der Waals surface area (Å²) in [5.41, 5.74) is 1.85. The first kappa shape index (κ1) is 16.4. The number of hydrogen-bond donors (Lipinski definition) is 3. The zero-order valence-corrected chi connectivity index (χ0v) is 13.9. The molecule has 0 atom stereocenters. The van der Waals surface area contributed by atoms with E-state index in [2.05, 4.69) is 15.3 Å².